The van der Waals surface area contributed by atoms with Crippen LogP contribution < -0.4 is 5.32 Å². The van der Waals surface area contributed by atoms with Gasteiger partial charge in [-0.25, -0.2) is 8.42 Å². The number of benzene rings is 1. The second-order valence-corrected chi connectivity index (χ2v) is 8.98. The first-order chi connectivity index (χ1) is 9.53. The van der Waals surface area contributed by atoms with Gasteiger partial charge in [0.05, 0.1) is 11.0 Å². The van der Waals surface area contributed by atoms with Gasteiger partial charge in [0.2, 0.25) is 0 Å². The lowest BCUT2D eigenvalue weighted by atomic mass is 9.99. The molecule has 2 atom stereocenters. The van der Waals surface area contributed by atoms with E-state index in [0.717, 1.165) is 32.2 Å². The van der Waals surface area contributed by atoms with Gasteiger partial charge in [-0.05, 0) is 66.1 Å². The third kappa shape index (κ3) is 4.18. The Hall–Kier alpha value is -0.140. The van der Waals surface area contributed by atoms with Crippen molar-refractivity contribution in [3.05, 3.63) is 33.4 Å². The fourth-order valence-corrected chi connectivity index (χ4v) is 5.39. The molecule has 0 aliphatic carbocycles. The summed E-state index contributed by atoms with van der Waals surface area (Å²) in [4.78, 5) is 0. The second kappa shape index (κ2) is 7.22. The van der Waals surface area contributed by atoms with E-state index in [0.29, 0.717) is 5.75 Å². The van der Waals surface area contributed by atoms with Crippen LogP contribution in [0.25, 0.3) is 0 Å². The predicted molar refractivity (Wildman–Crippen MR) is 91.8 cm³/mol. The lowest BCUT2D eigenvalue weighted by Crippen LogP contribution is -2.47. The van der Waals surface area contributed by atoms with Crippen LogP contribution in [-0.4, -0.2) is 32.0 Å². The van der Waals surface area contributed by atoms with Gasteiger partial charge in [0.25, 0.3) is 0 Å². The topological polar surface area (TPSA) is 46.2 Å². The molecule has 1 heterocycles. The normalized spacial score (nSPS) is 23.4. The highest BCUT2D eigenvalue weighted by Gasteiger charge is 2.35. The van der Waals surface area contributed by atoms with Gasteiger partial charge < -0.3 is 5.32 Å². The van der Waals surface area contributed by atoms with E-state index in [1.54, 1.807) is 0 Å². The molecule has 1 N–H and O–H groups in total. The van der Waals surface area contributed by atoms with Crippen LogP contribution in [0.2, 0.25) is 0 Å². The van der Waals surface area contributed by atoms with E-state index in [9.17, 15) is 8.42 Å². The molecule has 1 aliphatic rings. The van der Waals surface area contributed by atoms with E-state index in [4.69, 9.17) is 0 Å². The van der Waals surface area contributed by atoms with Gasteiger partial charge in [0.15, 0.2) is 9.84 Å². The molecule has 0 spiro atoms. The SMILES string of the molecule is CCNC(Cc1ccc(I)cc1)C1CCCCS1(=O)=O. The van der Waals surface area contributed by atoms with Crippen molar-refractivity contribution in [2.24, 2.45) is 0 Å². The van der Waals surface area contributed by atoms with Crippen LogP contribution in [0.1, 0.15) is 31.7 Å². The van der Waals surface area contributed by atoms with Crippen molar-refractivity contribution in [1.29, 1.82) is 0 Å². The summed E-state index contributed by atoms with van der Waals surface area (Å²) in [6, 6.07) is 8.39. The molecule has 112 valence electrons. The maximum absolute atomic E-state index is 12.3. The molecule has 1 saturated heterocycles. The molecule has 5 heteroatoms. The van der Waals surface area contributed by atoms with E-state index in [1.165, 1.54) is 9.13 Å². The van der Waals surface area contributed by atoms with Crippen molar-refractivity contribution in [2.75, 3.05) is 12.3 Å². The van der Waals surface area contributed by atoms with Crippen molar-refractivity contribution >= 4 is 32.4 Å². The summed E-state index contributed by atoms with van der Waals surface area (Å²) in [5, 5.41) is 3.16. The summed E-state index contributed by atoms with van der Waals surface area (Å²) in [5.41, 5.74) is 1.21. The molecule has 1 aromatic rings. The Labute approximate surface area is 135 Å². The number of hydrogen-bond acceptors (Lipinski definition) is 3. The van der Waals surface area contributed by atoms with E-state index >= 15 is 0 Å². The largest absolute Gasteiger partial charge is 0.313 e. The monoisotopic (exact) mass is 407 g/mol. The summed E-state index contributed by atoms with van der Waals surface area (Å²) < 4.78 is 25.8. The fourth-order valence-electron chi connectivity index (χ4n) is 2.90. The lowest BCUT2D eigenvalue weighted by molar-refractivity contribution is 0.441. The molecule has 2 unspecified atom stereocenters. The van der Waals surface area contributed by atoms with E-state index in [-0.39, 0.29) is 11.3 Å². The van der Waals surface area contributed by atoms with Crippen LogP contribution in [0.15, 0.2) is 24.3 Å². The van der Waals surface area contributed by atoms with Crippen LogP contribution in [-0.2, 0) is 16.3 Å². The van der Waals surface area contributed by atoms with Gasteiger partial charge in [-0.15, -0.1) is 0 Å². The number of likely N-dealkylation sites (N-methyl/N-ethyl adjacent to an activating group) is 1. The second-order valence-electron chi connectivity index (χ2n) is 5.40. The molecular formula is C15H22INO2S. The zero-order valence-electron chi connectivity index (χ0n) is 11.8. The predicted octanol–water partition coefficient (Wildman–Crippen LogP) is 2.78. The smallest absolute Gasteiger partial charge is 0.154 e. The van der Waals surface area contributed by atoms with Crippen LogP contribution in [0.4, 0.5) is 0 Å². The van der Waals surface area contributed by atoms with E-state index in [2.05, 4.69) is 52.2 Å². The van der Waals surface area contributed by atoms with Gasteiger partial charge in [-0.1, -0.05) is 25.5 Å². The van der Waals surface area contributed by atoms with Crippen LogP contribution in [0.3, 0.4) is 0 Å². The number of sulfone groups is 1. The average Bonchev–Trinajstić information content (AvgIpc) is 2.40. The third-order valence-corrected chi connectivity index (χ3v) is 6.98. The van der Waals surface area contributed by atoms with Gasteiger partial charge in [0, 0.05) is 9.61 Å². The molecule has 0 bridgehead atoms. The van der Waals surface area contributed by atoms with Gasteiger partial charge in [0.1, 0.15) is 0 Å². The molecule has 0 saturated carbocycles. The quantitative estimate of drug-likeness (QED) is 0.764. The Morgan fingerprint density at radius 2 is 2.00 bits per heavy atom. The summed E-state index contributed by atoms with van der Waals surface area (Å²) in [6.07, 6.45) is 3.43. The molecule has 1 aromatic carbocycles. The highest BCUT2D eigenvalue weighted by Crippen LogP contribution is 2.24. The van der Waals surface area contributed by atoms with Crippen molar-refractivity contribution in [3.8, 4) is 0 Å². The van der Waals surface area contributed by atoms with Gasteiger partial charge in [-0.2, -0.15) is 0 Å². The number of nitrogens with one attached hydrogen (secondary N) is 1. The van der Waals surface area contributed by atoms with Crippen molar-refractivity contribution in [2.45, 2.75) is 43.9 Å². The van der Waals surface area contributed by atoms with Crippen LogP contribution in [0.5, 0.6) is 0 Å². The lowest BCUT2D eigenvalue weighted by Gasteiger charge is -2.30. The fraction of sp³-hybridized carbons (Fsp3) is 0.600. The molecule has 3 nitrogen and oxygen atoms in total. The Kier molecular flexibility index (Phi) is 5.86. The van der Waals surface area contributed by atoms with Crippen LogP contribution in [0, 0.1) is 3.57 Å². The maximum Gasteiger partial charge on any atom is 0.154 e. The number of hydrogen-bond donors (Lipinski definition) is 1. The van der Waals surface area contributed by atoms with Crippen molar-refractivity contribution < 1.29 is 8.42 Å². The minimum Gasteiger partial charge on any atom is -0.313 e. The minimum atomic E-state index is -2.94. The highest BCUT2D eigenvalue weighted by atomic mass is 127. The Balaban J connectivity index is 2.15. The first-order valence-electron chi connectivity index (χ1n) is 7.22. The maximum atomic E-state index is 12.3. The van der Waals surface area contributed by atoms with Crippen molar-refractivity contribution in [3.63, 3.8) is 0 Å². The first-order valence-corrected chi connectivity index (χ1v) is 10.0. The van der Waals surface area contributed by atoms with Gasteiger partial charge in [-0.3, -0.25) is 0 Å². The molecule has 1 fully saturated rings. The molecule has 2 rings (SSSR count). The molecule has 1 aliphatic heterocycles. The summed E-state index contributed by atoms with van der Waals surface area (Å²) in [5.74, 6) is 0.353. The zero-order chi connectivity index (χ0) is 14.6. The molecule has 20 heavy (non-hydrogen) atoms. The Morgan fingerprint density at radius 1 is 1.30 bits per heavy atom. The Morgan fingerprint density at radius 3 is 2.60 bits per heavy atom. The molecule has 0 aromatic heterocycles. The average molecular weight is 407 g/mol. The number of rotatable bonds is 5. The standard InChI is InChI=1S/C15H22INO2S/c1-2-17-14(11-12-6-8-13(16)9-7-12)15-5-3-4-10-20(15,18)19/h6-9,14-15,17H,2-5,10-11H2,1H3. The zero-order valence-corrected chi connectivity index (χ0v) is 14.8. The summed E-state index contributed by atoms with van der Waals surface area (Å²) in [6.45, 7) is 2.84. The number of halogens is 1. The Bertz CT molecular complexity index is 527. The first kappa shape index (κ1) is 16.2. The van der Waals surface area contributed by atoms with Gasteiger partial charge >= 0.3 is 0 Å². The summed E-state index contributed by atoms with van der Waals surface area (Å²) in [7, 11) is -2.94. The molecule has 0 amide bonds. The molecule has 0 radical (unpaired) electrons. The minimum absolute atomic E-state index is 0.0327. The van der Waals surface area contributed by atoms with Crippen molar-refractivity contribution in [1.82, 2.24) is 5.32 Å². The van der Waals surface area contributed by atoms with Crippen LogP contribution >= 0.6 is 22.6 Å². The highest BCUT2D eigenvalue weighted by molar-refractivity contribution is 14.1. The molecular weight excluding hydrogens is 385 g/mol. The van der Waals surface area contributed by atoms with E-state index < -0.39 is 9.84 Å². The third-order valence-electron chi connectivity index (χ3n) is 3.91. The van der Waals surface area contributed by atoms with E-state index in [1.807, 2.05) is 6.92 Å². The summed E-state index contributed by atoms with van der Waals surface area (Å²) >= 11 is 2.28.